The van der Waals surface area contributed by atoms with Gasteiger partial charge in [-0.05, 0) is 25.0 Å². The third-order valence-corrected chi connectivity index (χ3v) is 4.19. The van der Waals surface area contributed by atoms with Crippen LogP contribution in [0.4, 0.5) is 0 Å². The van der Waals surface area contributed by atoms with Gasteiger partial charge in [0.15, 0.2) is 0 Å². The molecule has 1 aliphatic rings. The fraction of sp³-hybridized carbons (Fsp3) is 0.632. The molecule has 0 aliphatic carbocycles. The van der Waals surface area contributed by atoms with Gasteiger partial charge in [-0.15, -0.1) is 0 Å². The van der Waals surface area contributed by atoms with Crippen molar-refractivity contribution in [2.24, 2.45) is 0 Å². The summed E-state index contributed by atoms with van der Waals surface area (Å²) in [6, 6.07) is 7.30. The zero-order chi connectivity index (χ0) is 15.6. The fourth-order valence-electron chi connectivity index (χ4n) is 2.84. The molecule has 0 bridgehead atoms. The summed E-state index contributed by atoms with van der Waals surface area (Å²) in [7, 11) is 0. The summed E-state index contributed by atoms with van der Waals surface area (Å²) in [5.41, 5.74) is 0.543. The Kier molecular flexibility index (Phi) is 7.27. The topological polar surface area (TPSA) is 35.5 Å². The molecule has 1 atom stereocenters. The molecular formula is C19H28O3. The van der Waals surface area contributed by atoms with Gasteiger partial charge in [0, 0.05) is 0 Å². The summed E-state index contributed by atoms with van der Waals surface area (Å²) in [6.45, 7) is 2.72. The molecule has 3 heteroatoms. The minimum Gasteiger partial charge on any atom is -0.489 e. The number of unbranched alkanes of at least 4 members (excludes halogenated alkanes) is 7. The van der Waals surface area contributed by atoms with Gasteiger partial charge < -0.3 is 9.47 Å². The van der Waals surface area contributed by atoms with Crippen LogP contribution in [0, 0.1) is 0 Å². The van der Waals surface area contributed by atoms with E-state index in [1.807, 2.05) is 18.2 Å². The van der Waals surface area contributed by atoms with Gasteiger partial charge in [0.25, 0.3) is 0 Å². The SMILES string of the molecule is CCCCCCCCCCC1COc2ccccc2C(=O)O1. The van der Waals surface area contributed by atoms with Gasteiger partial charge in [-0.3, -0.25) is 0 Å². The second kappa shape index (κ2) is 9.50. The van der Waals surface area contributed by atoms with E-state index in [4.69, 9.17) is 9.47 Å². The molecule has 0 N–H and O–H groups in total. The van der Waals surface area contributed by atoms with Crippen molar-refractivity contribution >= 4 is 5.97 Å². The second-order valence-electron chi connectivity index (χ2n) is 6.10. The van der Waals surface area contributed by atoms with Gasteiger partial charge in [-0.1, -0.05) is 64.0 Å². The van der Waals surface area contributed by atoms with Crippen LogP contribution >= 0.6 is 0 Å². The summed E-state index contributed by atoms with van der Waals surface area (Å²) in [5, 5.41) is 0. The van der Waals surface area contributed by atoms with Crippen LogP contribution < -0.4 is 4.74 Å². The lowest BCUT2D eigenvalue weighted by Crippen LogP contribution is -2.21. The fourth-order valence-corrected chi connectivity index (χ4v) is 2.84. The van der Waals surface area contributed by atoms with Crippen molar-refractivity contribution in [3.8, 4) is 5.75 Å². The van der Waals surface area contributed by atoms with Crippen LogP contribution in [-0.2, 0) is 4.74 Å². The Labute approximate surface area is 134 Å². The highest BCUT2D eigenvalue weighted by atomic mass is 16.6. The van der Waals surface area contributed by atoms with Gasteiger partial charge in [-0.2, -0.15) is 0 Å². The largest absolute Gasteiger partial charge is 0.489 e. The maximum absolute atomic E-state index is 12.0. The van der Waals surface area contributed by atoms with E-state index in [-0.39, 0.29) is 12.1 Å². The molecule has 0 aromatic heterocycles. The first kappa shape index (κ1) is 16.9. The highest BCUT2D eigenvalue weighted by Gasteiger charge is 2.23. The number of hydrogen-bond acceptors (Lipinski definition) is 3. The van der Waals surface area contributed by atoms with Crippen LogP contribution in [0.1, 0.15) is 75.1 Å². The molecule has 2 rings (SSSR count). The number of ether oxygens (including phenoxy) is 2. The van der Waals surface area contributed by atoms with Gasteiger partial charge in [0.05, 0.1) is 0 Å². The average Bonchev–Trinajstić information content (AvgIpc) is 2.70. The van der Waals surface area contributed by atoms with Crippen LogP contribution in [0.5, 0.6) is 5.75 Å². The lowest BCUT2D eigenvalue weighted by Gasteiger charge is -2.14. The normalized spacial score (nSPS) is 17.3. The highest BCUT2D eigenvalue weighted by Crippen LogP contribution is 2.24. The third-order valence-electron chi connectivity index (χ3n) is 4.19. The first-order valence-electron chi connectivity index (χ1n) is 8.74. The molecule has 1 aromatic rings. The standard InChI is InChI=1S/C19H28O3/c1-2-3-4-5-6-7-8-9-12-16-15-21-18-14-11-10-13-17(18)19(20)22-16/h10-11,13-14,16H,2-9,12,15H2,1H3. The zero-order valence-electron chi connectivity index (χ0n) is 13.7. The Morgan fingerprint density at radius 2 is 1.68 bits per heavy atom. The van der Waals surface area contributed by atoms with Crippen LogP contribution in [-0.4, -0.2) is 18.7 Å². The number of fused-ring (bicyclic) bond motifs is 1. The maximum Gasteiger partial charge on any atom is 0.342 e. The maximum atomic E-state index is 12.0. The first-order valence-corrected chi connectivity index (χ1v) is 8.74. The van der Waals surface area contributed by atoms with E-state index in [2.05, 4.69) is 6.92 Å². The summed E-state index contributed by atoms with van der Waals surface area (Å²) in [6.07, 6.45) is 11.1. The predicted octanol–water partition coefficient (Wildman–Crippen LogP) is 5.14. The molecule has 0 fully saturated rings. The third kappa shape index (κ3) is 5.36. The monoisotopic (exact) mass is 304 g/mol. The Morgan fingerprint density at radius 3 is 2.45 bits per heavy atom. The Bertz CT molecular complexity index is 456. The zero-order valence-corrected chi connectivity index (χ0v) is 13.7. The van der Waals surface area contributed by atoms with Crippen molar-refractivity contribution in [3.63, 3.8) is 0 Å². The number of benzene rings is 1. The van der Waals surface area contributed by atoms with Gasteiger partial charge in [0.2, 0.25) is 0 Å². The number of esters is 1. The number of cyclic esters (lactones) is 1. The average molecular weight is 304 g/mol. The van der Waals surface area contributed by atoms with E-state index < -0.39 is 0 Å². The highest BCUT2D eigenvalue weighted by molar-refractivity contribution is 5.92. The molecule has 3 nitrogen and oxygen atoms in total. The van der Waals surface area contributed by atoms with Crippen molar-refractivity contribution < 1.29 is 14.3 Å². The molecule has 1 unspecified atom stereocenters. The number of carbonyl (C=O) groups is 1. The Balaban J connectivity index is 1.63. The molecule has 1 aliphatic heterocycles. The molecule has 1 heterocycles. The number of rotatable bonds is 9. The van der Waals surface area contributed by atoms with E-state index in [1.165, 1.54) is 44.9 Å². The lowest BCUT2D eigenvalue weighted by molar-refractivity contribution is 0.0207. The van der Waals surface area contributed by atoms with Crippen molar-refractivity contribution in [1.29, 1.82) is 0 Å². The Morgan fingerprint density at radius 1 is 1.00 bits per heavy atom. The van der Waals surface area contributed by atoms with Gasteiger partial charge >= 0.3 is 5.97 Å². The minimum atomic E-state index is -0.252. The molecule has 1 aromatic carbocycles. The van der Waals surface area contributed by atoms with Crippen molar-refractivity contribution in [3.05, 3.63) is 29.8 Å². The quantitative estimate of drug-likeness (QED) is 0.468. The number of carbonyl (C=O) groups excluding carboxylic acids is 1. The number of para-hydroxylation sites is 1. The van der Waals surface area contributed by atoms with Crippen LogP contribution in [0.15, 0.2) is 24.3 Å². The van der Waals surface area contributed by atoms with E-state index in [1.54, 1.807) is 6.07 Å². The van der Waals surface area contributed by atoms with E-state index >= 15 is 0 Å². The summed E-state index contributed by atoms with van der Waals surface area (Å²) in [5.74, 6) is 0.392. The molecule has 0 spiro atoms. The van der Waals surface area contributed by atoms with Crippen molar-refractivity contribution in [2.45, 2.75) is 70.8 Å². The summed E-state index contributed by atoms with van der Waals surface area (Å²) < 4.78 is 11.2. The molecule has 0 saturated heterocycles. The molecule has 0 amide bonds. The molecule has 22 heavy (non-hydrogen) atoms. The molecular weight excluding hydrogens is 276 g/mol. The minimum absolute atomic E-state index is 0.111. The number of hydrogen-bond donors (Lipinski definition) is 0. The molecule has 0 saturated carbocycles. The predicted molar refractivity (Wildman–Crippen MR) is 88.4 cm³/mol. The Hall–Kier alpha value is -1.51. The van der Waals surface area contributed by atoms with Crippen LogP contribution in [0.3, 0.4) is 0 Å². The first-order chi connectivity index (χ1) is 10.8. The van der Waals surface area contributed by atoms with E-state index in [0.29, 0.717) is 17.9 Å². The van der Waals surface area contributed by atoms with Crippen LogP contribution in [0.25, 0.3) is 0 Å². The van der Waals surface area contributed by atoms with Crippen molar-refractivity contribution in [1.82, 2.24) is 0 Å². The van der Waals surface area contributed by atoms with E-state index in [0.717, 1.165) is 12.8 Å². The molecule has 122 valence electrons. The summed E-state index contributed by atoms with van der Waals surface area (Å²) in [4.78, 5) is 12.0. The molecule has 0 radical (unpaired) electrons. The van der Waals surface area contributed by atoms with Gasteiger partial charge in [0.1, 0.15) is 24.0 Å². The summed E-state index contributed by atoms with van der Waals surface area (Å²) >= 11 is 0. The smallest absolute Gasteiger partial charge is 0.342 e. The van der Waals surface area contributed by atoms with E-state index in [9.17, 15) is 4.79 Å². The van der Waals surface area contributed by atoms with Crippen molar-refractivity contribution in [2.75, 3.05) is 6.61 Å². The van der Waals surface area contributed by atoms with Crippen LogP contribution in [0.2, 0.25) is 0 Å². The lowest BCUT2D eigenvalue weighted by atomic mass is 10.1. The van der Waals surface area contributed by atoms with Gasteiger partial charge in [-0.25, -0.2) is 4.79 Å². The second-order valence-corrected chi connectivity index (χ2v) is 6.10.